The highest BCUT2D eigenvalue weighted by Crippen LogP contribution is 2.29. The van der Waals surface area contributed by atoms with Gasteiger partial charge in [-0.3, -0.25) is 0 Å². The summed E-state index contributed by atoms with van der Waals surface area (Å²) in [5, 5.41) is 0. The molecule has 0 amide bonds. The SMILES string of the molecule is COc1cc(C)c(C[NH+]2CC[NH+](Cn3c(=O)oc4ccccc43)CC2)cc1OC. The molecule has 3 aromatic rings. The van der Waals surface area contributed by atoms with Crippen molar-refractivity contribution in [2.75, 3.05) is 40.4 Å². The number of piperazine rings is 1. The molecule has 1 fully saturated rings. The third kappa shape index (κ3) is 4.02. The molecule has 7 nitrogen and oxygen atoms in total. The van der Waals surface area contributed by atoms with E-state index in [1.54, 1.807) is 23.7 Å². The number of fused-ring (bicyclic) bond motifs is 1. The zero-order valence-corrected chi connectivity index (χ0v) is 17.3. The summed E-state index contributed by atoms with van der Waals surface area (Å²) in [6.45, 7) is 7.91. The Morgan fingerprint density at radius 3 is 2.38 bits per heavy atom. The second-order valence-electron chi connectivity index (χ2n) is 7.73. The molecule has 29 heavy (non-hydrogen) atoms. The standard InChI is InChI=1S/C22H27N3O4/c1-16-12-20(27-2)21(28-3)13-17(16)14-23-8-10-24(11-9-23)15-25-18-6-4-5-7-19(18)29-22(25)26/h4-7,12-13H,8-11,14-15H2,1-3H3/p+2. The van der Waals surface area contributed by atoms with Crippen LogP contribution < -0.4 is 25.0 Å². The highest BCUT2D eigenvalue weighted by Gasteiger charge is 2.25. The number of benzene rings is 2. The van der Waals surface area contributed by atoms with Gasteiger partial charge in [0.05, 0.1) is 19.7 Å². The molecular weight excluding hydrogens is 370 g/mol. The quantitative estimate of drug-likeness (QED) is 0.606. The molecule has 2 aromatic carbocycles. The molecule has 1 aromatic heterocycles. The van der Waals surface area contributed by atoms with Crippen LogP contribution in [0.4, 0.5) is 0 Å². The number of aromatic nitrogens is 1. The van der Waals surface area contributed by atoms with Crippen molar-refractivity contribution in [1.29, 1.82) is 0 Å². The third-order valence-electron chi connectivity index (χ3n) is 5.90. The van der Waals surface area contributed by atoms with Crippen LogP contribution in [0.15, 0.2) is 45.6 Å². The van der Waals surface area contributed by atoms with Crippen molar-refractivity contribution < 1.29 is 23.7 Å². The van der Waals surface area contributed by atoms with E-state index in [1.807, 2.05) is 30.3 Å². The first-order valence-corrected chi connectivity index (χ1v) is 10.1. The second-order valence-corrected chi connectivity index (χ2v) is 7.73. The molecule has 2 heterocycles. The lowest BCUT2D eigenvalue weighted by atomic mass is 10.1. The van der Waals surface area contributed by atoms with Crippen LogP contribution in [0, 0.1) is 6.92 Å². The van der Waals surface area contributed by atoms with E-state index < -0.39 is 0 Å². The van der Waals surface area contributed by atoms with Gasteiger partial charge in [-0.1, -0.05) is 12.1 Å². The molecule has 0 saturated carbocycles. The van der Waals surface area contributed by atoms with Crippen LogP contribution in [0.3, 0.4) is 0 Å². The first-order chi connectivity index (χ1) is 14.1. The van der Waals surface area contributed by atoms with E-state index in [2.05, 4.69) is 13.0 Å². The van der Waals surface area contributed by atoms with Crippen molar-refractivity contribution in [3.63, 3.8) is 0 Å². The van der Waals surface area contributed by atoms with Gasteiger partial charge in [0.25, 0.3) is 0 Å². The van der Waals surface area contributed by atoms with E-state index in [9.17, 15) is 4.79 Å². The number of rotatable bonds is 6. The van der Waals surface area contributed by atoms with Gasteiger partial charge in [0.2, 0.25) is 0 Å². The minimum Gasteiger partial charge on any atom is -0.493 e. The van der Waals surface area contributed by atoms with Crippen LogP contribution in [0.25, 0.3) is 11.1 Å². The topological polar surface area (TPSA) is 62.5 Å². The lowest BCUT2D eigenvalue weighted by molar-refractivity contribution is -1.03. The highest BCUT2D eigenvalue weighted by atomic mass is 16.5. The summed E-state index contributed by atoms with van der Waals surface area (Å²) in [4.78, 5) is 15.2. The number of ether oxygens (including phenoxy) is 2. The number of nitrogens with zero attached hydrogens (tertiary/aromatic N) is 1. The second kappa shape index (κ2) is 8.31. The van der Waals surface area contributed by atoms with Crippen molar-refractivity contribution in [3.8, 4) is 11.5 Å². The fraction of sp³-hybridized carbons (Fsp3) is 0.409. The fourth-order valence-electron chi connectivity index (χ4n) is 4.16. The number of hydrogen-bond donors (Lipinski definition) is 2. The van der Waals surface area contributed by atoms with Gasteiger partial charge in [0.15, 0.2) is 23.8 Å². The average Bonchev–Trinajstić information content (AvgIpc) is 3.05. The predicted octanol–water partition coefficient (Wildman–Crippen LogP) is -0.139. The molecule has 1 saturated heterocycles. The van der Waals surface area contributed by atoms with Gasteiger partial charge < -0.3 is 23.7 Å². The molecular formula is C22H29N3O4+2. The summed E-state index contributed by atoms with van der Waals surface area (Å²) in [7, 11) is 3.34. The van der Waals surface area contributed by atoms with Crippen molar-refractivity contribution in [3.05, 3.63) is 58.1 Å². The summed E-state index contributed by atoms with van der Waals surface area (Å²) in [6, 6.07) is 11.8. The first-order valence-electron chi connectivity index (χ1n) is 10.1. The number of methoxy groups -OCH3 is 2. The zero-order chi connectivity index (χ0) is 20.4. The molecule has 1 aliphatic rings. The van der Waals surface area contributed by atoms with E-state index in [0.29, 0.717) is 12.3 Å². The molecule has 154 valence electrons. The lowest BCUT2D eigenvalue weighted by Gasteiger charge is -2.30. The summed E-state index contributed by atoms with van der Waals surface area (Å²) in [6.07, 6.45) is 0. The molecule has 0 unspecified atom stereocenters. The first kappa shape index (κ1) is 19.5. The van der Waals surface area contributed by atoms with Crippen molar-refractivity contribution in [1.82, 2.24) is 4.57 Å². The Kier molecular flexibility index (Phi) is 5.60. The van der Waals surface area contributed by atoms with Crippen molar-refractivity contribution >= 4 is 11.1 Å². The number of aryl methyl sites for hydroxylation is 1. The predicted molar refractivity (Wildman–Crippen MR) is 110 cm³/mol. The summed E-state index contributed by atoms with van der Waals surface area (Å²) < 4.78 is 18.0. The minimum absolute atomic E-state index is 0.269. The molecule has 0 aliphatic carbocycles. The Morgan fingerprint density at radius 1 is 1.00 bits per heavy atom. The van der Waals surface area contributed by atoms with Crippen molar-refractivity contribution in [2.45, 2.75) is 20.1 Å². The van der Waals surface area contributed by atoms with Gasteiger partial charge in [-0.05, 0) is 36.8 Å². The Morgan fingerprint density at radius 2 is 1.66 bits per heavy atom. The van der Waals surface area contributed by atoms with E-state index >= 15 is 0 Å². The van der Waals surface area contributed by atoms with Gasteiger partial charge in [-0.25, -0.2) is 9.36 Å². The fourth-order valence-corrected chi connectivity index (χ4v) is 4.16. The highest BCUT2D eigenvalue weighted by molar-refractivity contribution is 5.72. The number of quaternary nitrogens is 2. The third-order valence-corrected chi connectivity index (χ3v) is 5.90. The molecule has 7 heteroatoms. The monoisotopic (exact) mass is 399 g/mol. The van der Waals surface area contributed by atoms with Crippen molar-refractivity contribution in [2.24, 2.45) is 0 Å². The molecule has 0 radical (unpaired) electrons. The maximum absolute atomic E-state index is 12.2. The Hall–Kier alpha value is -2.77. The Bertz CT molecular complexity index is 1050. The molecule has 2 N–H and O–H groups in total. The normalized spacial score (nSPS) is 19.4. The molecule has 0 spiro atoms. The van der Waals surface area contributed by atoms with Gasteiger partial charge >= 0.3 is 5.76 Å². The van der Waals surface area contributed by atoms with Crippen LogP contribution in [-0.4, -0.2) is 45.0 Å². The van der Waals surface area contributed by atoms with Crippen LogP contribution in [0.5, 0.6) is 11.5 Å². The van der Waals surface area contributed by atoms with Gasteiger partial charge in [-0.2, -0.15) is 0 Å². The number of hydrogen-bond acceptors (Lipinski definition) is 4. The van der Waals surface area contributed by atoms with E-state index in [0.717, 1.165) is 49.7 Å². The largest absolute Gasteiger partial charge is 0.493 e. The van der Waals surface area contributed by atoms with E-state index in [1.165, 1.54) is 16.0 Å². The minimum atomic E-state index is -0.269. The maximum atomic E-state index is 12.2. The lowest BCUT2D eigenvalue weighted by Crippen LogP contribution is -3.27. The summed E-state index contributed by atoms with van der Waals surface area (Å²) in [5.41, 5.74) is 4.05. The van der Waals surface area contributed by atoms with Crippen LogP contribution in [0.2, 0.25) is 0 Å². The average molecular weight is 399 g/mol. The number of para-hydroxylation sites is 2. The number of oxazole rings is 1. The number of nitrogens with one attached hydrogen (secondary N) is 2. The summed E-state index contributed by atoms with van der Waals surface area (Å²) >= 11 is 0. The summed E-state index contributed by atoms with van der Waals surface area (Å²) in [5.74, 6) is 1.29. The van der Waals surface area contributed by atoms with E-state index in [-0.39, 0.29) is 5.76 Å². The van der Waals surface area contributed by atoms with Crippen LogP contribution in [0.1, 0.15) is 11.1 Å². The van der Waals surface area contributed by atoms with E-state index in [4.69, 9.17) is 13.9 Å². The van der Waals surface area contributed by atoms with Gasteiger partial charge in [-0.15, -0.1) is 0 Å². The Labute approximate surface area is 170 Å². The Balaban J connectivity index is 1.40. The maximum Gasteiger partial charge on any atom is 0.424 e. The van der Waals surface area contributed by atoms with Crippen LogP contribution >= 0.6 is 0 Å². The molecule has 1 aliphatic heterocycles. The smallest absolute Gasteiger partial charge is 0.424 e. The molecule has 0 bridgehead atoms. The molecule has 0 atom stereocenters. The van der Waals surface area contributed by atoms with Crippen LogP contribution in [-0.2, 0) is 13.2 Å². The molecule has 4 rings (SSSR count). The zero-order valence-electron chi connectivity index (χ0n) is 17.3. The van der Waals surface area contributed by atoms with Gasteiger partial charge in [0.1, 0.15) is 32.7 Å². The van der Waals surface area contributed by atoms with Gasteiger partial charge in [0, 0.05) is 5.56 Å².